The predicted octanol–water partition coefficient (Wildman–Crippen LogP) is -4.05. The molecule has 28 heavy (non-hydrogen) atoms. The Balaban J connectivity index is 0.00000196. The third-order valence-corrected chi connectivity index (χ3v) is 4.50. The SMILES string of the molecule is O=C([O-])c1cc2ccccc2c(N=Nc2ccccc2S(=O)(=O)O)c1[O-].[Na+].[Na+]. The second kappa shape index (κ2) is 9.95. The van der Waals surface area contributed by atoms with Gasteiger partial charge in [-0.2, -0.15) is 13.5 Å². The molecule has 3 rings (SSSR count). The van der Waals surface area contributed by atoms with Gasteiger partial charge >= 0.3 is 59.1 Å². The third-order valence-electron chi connectivity index (χ3n) is 3.60. The van der Waals surface area contributed by atoms with Crippen LogP contribution in [0.2, 0.25) is 0 Å². The number of carbonyl (C=O) groups is 1. The number of carboxylic acid groups (broad SMARTS) is 1. The summed E-state index contributed by atoms with van der Waals surface area (Å²) in [7, 11) is -4.55. The maximum atomic E-state index is 12.4. The first-order valence-electron chi connectivity index (χ1n) is 7.21. The van der Waals surface area contributed by atoms with Crippen LogP contribution in [0, 0.1) is 0 Å². The Morgan fingerprint density at radius 2 is 1.57 bits per heavy atom. The standard InChI is InChI=1S/C17H12N2O6S.2Na/c20-16-12(17(21)22)9-10-5-1-2-6-11(10)15(16)19-18-13-7-3-4-8-14(13)26(23,24)25;;/h1-9,20H,(H,21,22)(H,23,24,25);;/q;2*+1/p-2. The van der Waals surface area contributed by atoms with Crippen LogP contribution in [-0.2, 0) is 10.1 Å². The molecular formula is C17H10N2Na2O6S. The molecule has 0 aromatic heterocycles. The first-order chi connectivity index (χ1) is 12.3. The topological polar surface area (TPSA) is 142 Å². The fourth-order valence-corrected chi connectivity index (χ4v) is 3.05. The van der Waals surface area contributed by atoms with Crippen molar-refractivity contribution in [2.45, 2.75) is 4.90 Å². The van der Waals surface area contributed by atoms with E-state index < -0.39 is 32.3 Å². The summed E-state index contributed by atoms with van der Waals surface area (Å²) in [5.74, 6) is -2.56. The molecule has 3 aromatic rings. The maximum Gasteiger partial charge on any atom is 1.00 e. The summed E-state index contributed by atoms with van der Waals surface area (Å²) >= 11 is 0. The minimum Gasteiger partial charge on any atom is -0.871 e. The van der Waals surface area contributed by atoms with E-state index >= 15 is 0 Å². The Kier molecular flexibility index (Phi) is 8.79. The molecule has 0 heterocycles. The number of carbonyl (C=O) groups excluding carboxylic acids is 1. The quantitative estimate of drug-likeness (QED) is 0.261. The Hall–Kier alpha value is -1.30. The number of hydrogen-bond acceptors (Lipinski definition) is 7. The van der Waals surface area contributed by atoms with Crippen LogP contribution in [0.25, 0.3) is 10.8 Å². The van der Waals surface area contributed by atoms with Crippen LogP contribution in [0.1, 0.15) is 10.4 Å². The summed E-state index contributed by atoms with van der Waals surface area (Å²) in [4.78, 5) is 10.7. The molecule has 1 N–H and O–H groups in total. The molecule has 8 nitrogen and oxygen atoms in total. The number of fused-ring (bicyclic) bond motifs is 1. The monoisotopic (exact) mass is 416 g/mol. The van der Waals surface area contributed by atoms with E-state index in [9.17, 15) is 28.0 Å². The Morgan fingerprint density at radius 3 is 2.21 bits per heavy atom. The van der Waals surface area contributed by atoms with Gasteiger partial charge in [0.05, 0.1) is 11.7 Å². The number of rotatable bonds is 4. The summed E-state index contributed by atoms with van der Waals surface area (Å²) in [5, 5.41) is 31.8. The molecule has 3 aromatic carbocycles. The fourth-order valence-electron chi connectivity index (χ4n) is 2.42. The zero-order valence-electron chi connectivity index (χ0n) is 15.0. The van der Waals surface area contributed by atoms with Gasteiger partial charge in [0, 0.05) is 5.39 Å². The molecule has 0 amide bonds. The van der Waals surface area contributed by atoms with Gasteiger partial charge in [-0.25, -0.2) is 0 Å². The zero-order chi connectivity index (χ0) is 18.9. The molecule has 0 spiro atoms. The van der Waals surface area contributed by atoms with Crippen molar-refractivity contribution in [1.29, 1.82) is 0 Å². The van der Waals surface area contributed by atoms with Gasteiger partial charge < -0.3 is 15.0 Å². The van der Waals surface area contributed by atoms with Crippen molar-refractivity contribution in [3.8, 4) is 5.75 Å². The molecule has 0 aliphatic carbocycles. The van der Waals surface area contributed by atoms with Gasteiger partial charge in [0.2, 0.25) is 0 Å². The van der Waals surface area contributed by atoms with Gasteiger partial charge in [-0.1, -0.05) is 42.1 Å². The number of nitrogens with zero attached hydrogens (tertiary/aromatic N) is 2. The summed E-state index contributed by atoms with van der Waals surface area (Å²) in [6.07, 6.45) is 0. The van der Waals surface area contributed by atoms with E-state index in [4.69, 9.17) is 0 Å². The van der Waals surface area contributed by atoms with Crippen LogP contribution >= 0.6 is 0 Å². The average molecular weight is 416 g/mol. The molecule has 0 atom stereocenters. The van der Waals surface area contributed by atoms with Crippen molar-refractivity contribution in [2.24, 2.45) is 10.2 Å². The third kappa shape index (κ3) is 5.19. The van der Waals surface area contributed by atoms with Crippen molar-refractivity contribution >= 4 is 38.2 Å². The van der Waals surface area contributed by atoms with Crippen LogP contribution < -0.4 is 69.3 Å². The Bertz CT molecular complexity index is 1170. The van der Waals surface area contributed by atoms with E-state index in [-0.39, 0.29) is 70.5 Å². The van der Waals surface area contributed by atoms with Crippen LogP contribution in [0.15, 0.2) is 69.7 Å². The maximum absolute atomic E-state index is 12.4. The van der Waals surface area contributed by atoms with E-state index in [0.29, 0.717) is 10.8 Å². The van der Waals surface area contributed by atoms with Gasteiger partial charge in [-0.3, -0.25) is 4.55 Å². The van der Waals surface area contributed by atoms with Crippen molar-refractivity contribution in [3.63, 3.8) is 0 Å². The number of benzene rings is 3. The largest absolute Gasteiger partial charge is 1.00 e. The van der Waals surface area contributed by atoms with Crippen molar-refractivity contribution in [1.82, 2.24) is 0 Å². The van der Waals surface area contributed by atoms with Crippen molar-refractivity contribution < 1.29 is 87.1 Å². The molecule has 0 saturated carbocycles. The smallest absolute Gasteiger partial charge is 0.871 e. The van der Waals surface area contributed by atoms with Crippen molar-refractivity contribution in [3.05, 3.63) is 60.2 Å². The van der Waals surface area contributed by atoms with Gasteiger partial charge in [0.1, 0.15) is 10.6 Å². The molecule has 132 valence electrons. The van der Waals surface area contributed by atoms with Crippen LogP contribution in [0.3, 0.4) is 0 Å². The molecular weight excluding hydrogens is 406 g/mol. The number of aromatic carboxylic acids is 1. The van der Waals surface area contributed by atoms with Gasteiger partial charge in [-0.15, -0.1) is 5.11 Å². The van der Waals surface area contributed by atoms with E-state index in [2.05, 4.69) is 10.2 Å². The molecule has 0 aliphatic heterocycles. The van der Waals surface area contributed by atoms with E-state index in [0.717, 1.165) is 6.07 Å². The second-order valence-electron chi connectivity index (χ2n) is 5.25. The number of azo groups is 1. The molecule has 0 unspecified atom stereocenters. The normalized spacial score (nSPS) is 11.0. The van der Waals surface area contributed by atoms with Crippen molar-refractivity contribution in [2.75, 3.05) is 0 Å². The molecule has 0 radical (unpaired) electrons. The number of carboxylic acids is 1. The zero-order valence-corrected chi connectivity index (χ0v) is 19.8. The van der Waals surface area contributed by atoms with Crippen LogP contribution in [-0.4, -0.2) is 18.9 Å². The summed E-state index contributed by atoms with van der Waals surface area (Å²) in [5.41, 5.74) is -1.05. The summed E-state index contributed by atoms with van der Waals surface area (Å²) in [6, 6.07) is 12.9. The minimum atomic E-state index is -4.55. The Morgan fingerprint density at radius 1 is 0.964 bits per heavy atom. The van der Waals surface area contributed by atoms with E-state index in [1.807, 2.05) is 0 Å². The fraction of sp³-hybridized carbons (Fsp3) is 0. The molecule has 0 bridgehead atoms. The number of hydrogen-bond donors (Lipinski definition) is 1. The summed E-state index contributed by atoms with van der Waals surface area (Å²) in [6.45, 7) is 0. The van der Waals surface area contributed by atoms with E-state index in [1.165, 1.54) is 24.3 Å². The van der Waals surface area contributed by atoms with Gasteiger partial charge in [0.15, 0.2) is 0 Å². The summed E-state index contributed by atoms with van der Waals surface area (Å²) < 4.78 is 32.0. The first kappa shape index (κ1) is 24.7. The average Bonchev–Trinajstić information content (AvgIpc) is 2.59. The molecule has 0 aliphatic rings. The Labute approximate surface area is 204 Å². The van der Waals surface area contributed by atoms with Gasteiger partial charge in [0.25, 0.3) is 10.1 Å². The van der Waals surface area contributed by atoms with Gasteiger partial charge in [-0.05, 0) is 29.1 Å². The van der Waals surface area contributed by atoms with Crippen LogP contribution in [0.5, 0.6) is 5.75 Å². The van der Waals surface area contributed by atoms with Crippen LogP contribution in [0.4, 0.5) is 11.4 Å². The van der Waals surface area contributed by atoms with E-state index in [1.54, 1.807) is 24.3 Å². The molecule has 11 heteroatoms. The molecule has 0 saturated heterocycles. The predicted molar refractivity (Wildman–Crippen MR) is 88.2 cm³/mol. The first-order valence-corrected chi connectivity index (χ1v) is 8.65. The minimum absolute atomic E-state index is 0. The second-order valence-corrected chi connectivity index (χ2v) is 6.64. The molecule has 0 fully saturated rings.